The molecule has 0 unspecified atom stereocenters. The summed E-state index contributed by atoms with van der Waals surface area (Å²) in [5, 5.41) is 12.1. The zero-order valence-electron chi connectivity index (χ0n) is 10.6. The van der Waals surface area contributed by atoms with E-state index in [1.54, 1.807) is 18.3 Å². The predicted molar refractivity (Wildman–Crippen MR) is 70.7 cm³/mol. The van der Waals surface area contributed by atoms with Crippen LogP contribution in [0, 0.1) is 0 Å². The molecule has 0 saturated carbocycles. The molecule has 2 aromatic heterocycles. The quantitative estimate of drug-likeness (QED) is 0.857. The van der Waals surface area contributed by atoms with E-state index in [0.717, 1.165) is 11.4 Å². The van der Waals surface area contributed by atoms with Gasteiger partial charge in [0.25, 0.3) is 0 Å². The molecule has 0 saturated heterocycles. The number of nitrogens with zero attached hydrogens (tertiary/aromatic N) is 2. The summed E-state index contributed by atoms with van der Waals surface area (Å²) in [6, 6.07) is 9.16. The van der Waals surface area contributed by atoms with Crippen LogP contribution in [0.5, 0.6) is 0 Å². The number of hydrogen-bond acceptors (Lipinski definition) is 4. The third-order valence-electron chi connectivity index (χ3n) is 2.79. The summed E-state index contributed by atoms with van der Waals surface area (Å²) < 4.78 is 0. The van der Waals surface area contributed by atoms with Crippen molar-refractivity contribution in [2.75, 3.05) is 0 Å². The molecule has 0 aliphatic rings. The first-order valence-electron chi connectivity index (χ1n) is 5.99. The first-order valence-corrected chi connectivity index (χ1v) is 5.99. The van der Waals surface area contributed by atoms with Gasteiger partial charge in [-0.05, 0) is 31.2 Å². The Balaban J connectivity index is 1.93. The van der Waals surface area contributed by atoms with Crippen molar-refractivity contribution >= 4 is 5.97 Å². The first kappa shape index (κ1) is 13.2. The average molecular weight is 257 g/mol. The Hall–Kier alpha value is -2.27. The molecule has 5 nitrogen and oxygen atoms in total. The van der Waals surface area contributed by atoms with Crippen molar-refractivity contribution in [1.82, 2.24) is 15.3 Å². The molecule has 0 spiro atoms. The molecule has 0 radical (unpaired) electrons. The molecule has 0 aliphatic heterocycles. The highest BCUT2D eigenvalue weighted by molar-refractivity contribution is 5.87. The number of aromatic nitrogens is 2. The van der Waals surface area contributed by atoms with Crippen molar-refractivity contribution in [3.8, 4) is 0 Å². The normalized spacial score (nSPS) is 12.1. The van der Waals surface area contributed by atoms with E-state index in [1.165, 1.54) is 6.20 Å². The van der Waals surface area contributed by atoms with E-state index in [2.05, 4.69) is 15.3 Å². The van der Waals surface area contributed by atoms with Gasteiger partial charge < -0.3 is 10.4 Å². The van der Waals surface area contributed by atoms with Gasteiger partial charge in [0, 0.05) is 25.0 Å². The average Bonchev–Trinajstić information content (AvgIpc) is 2.46. The number of pyridine rings is 2. The van der Waals surface area contributed by atoms with Crippen LogP contribution in [0.1, 0.15) is 34.7 Å². The molecule has 0 fully saturated rings. The van der Waals surface area contributed by atoms with E-state index in [0.29, 0.717) is 6.54 Å². The molecule has 2 N–H and O–H groups in total. The van der Waals surface area contributed by atoms with Gasteiger partial charge in [0.1, 0.15) is 0 Å². The van der Waals surface area contributed by atoms with Gasteiger partial charge in [-0.3, -0.25) is 9.97 Å². The third-order valence-corrected chi connectivity index (χ3v) is 2.79. The maximum Gasteiger partial charge on any atom is 0.337 e. The Labute approximate surface area is 111 Å². The number of aromatic carboxylic acids is 1. The fourth-order valence-corrected chi connectivity index (χ4v) is 1.65. The van der Waals surface area contributed by atoms with Crippen molar-refractivity contribution in [2.45, 2.75) is 19.5 Å². The molecule has 2 rings (SSSR count). The maximum absolute atomic E-state index is 10.7. The Morgan fingerprint density at radius 2 is 2.16 bits per heavy atom. The second kappa shape index (κ2) is 6.06. The number of hydrogen-bond donors (Lipinski definition) is 2. The van der Waals surface area contributed by atoms with Gasteiger partial charge in [-0.2, -0.15) is 0 Å². The van der Waals surface area contributed by atoms with Crippen LogP contribution in [-0.2, 0) is 6.54 Å². The zero-order valence-corrected chi connectivity index (χ0v) is 10.6. The Morgan fingerprint density at radius 3 is 2.74 bits per heavy atom. The van der Waals surface area contributed by atoms with Gasteiger partial charge in [0.2, 0.25) is 0 Å². The van der Waals surface area contributed by atoms with E-state index in [9.17, 15) is 4.79 Å². The van der Waals surface area contributed by atoms with Crippen LogP contribution in [0.2, 0.25) is 0 Å². The van der Waals surface area contributed by atoms with Crippen LogP contribution in [-0.4, -0.2) is 21.0 Å². The topological polar surface area (TPSA) is 75.1 Å². The molecule has 98 valence electrons. The number of carboxylic acids is 1. The monoisotopic (exact) mass is 257 g/mol. The molecule has 0 amide bonds. The highest BCUT2D eigenvalue weighted by Crippen LogP contribution is 2.09. The van der Waals surface area contributed by atoms with Crippen LogP contribution in [0.4, 0.5) is 0 Å². The van der Waals surface area contributed by atoms with E-state index in [4.69, 9.17) is 5.11 Å². The molecule has 2 aromatic rings. The van der Waals surface area contributed by atoms with E-state index < -0.39 is 5.97 Å². The Kier molecular flexibility index (Phi) is 4.20. The highest BCUT2D eigenvalue weighted by Gasteiger charge is 2.07. The molecule has 0 bridgehead atoms. The molecule has 2 heterocycles. The number of carboxylic acid groups (broad SMARTS) is 1. The highest BCUT2D eigenvalue weighted by atomic mass is 16.4. The fourth-order valence-electron chi connectivity index (χ4n) is 1.65. The molecule has 0 aliphatic carbocycles. The summed E-state index contributed by atoms with van der Waals surface area (Å²) in [5.41, 5.74) is 1.96. The molecule has 0 aromatic carbocycles. The zero-order chi connectivity index (χ0) is 13.7. The summed E-state index contributed by atoms with van der Waals surface area (Å²) in [6.07, 6.45) is 3.12. The van der Waals surface area contributed by atoms with Crippen molar-refractivity contribution in [1.29, 1.82) is 0 Å². The smallest absolute Gasteiger partial charge is 0.337 e. The molecule has 5 heteroatoms. The van der Waals surface area contributed by atoms with Crippen molar-refractivity contribution < 1.29 is 9.90 Å². The lowest BCUT2D eigenvalue weighted by atomic mass is 10.2. The molecule has 19 heavy (non-hydrogen) atoms. The summed E-state index contributed by atoms with van der Waals surface area (Å²) in [6.45, 7) is 2.59. The van der Waals surface area contributed by atoms with Crippen molar-refractivity contribution in [3.05, 3.63) is 59.7 Å². The second-order valence-corrected chi connectivity index (χ2v) is 4.20. The molecular formula is C14H15N3O2. The van der Waals surface area contributed by atoms with Crippen molar-refractivity contribution in [2.24, 2.45) is 0 Å². The minimum absolute atomic E-state index is 0.113. The standard InChI is InChI=1S/C14H15N3O2/c1-10(13-4-2-3-7-15-13)16-9-12-6-5-11(8-17-12)14(18)19/h2-8,10,16H,9H2,1H3,(H,18,19)/t10-/m1/s1. The lowest BCUT2D eigenvalue weighted by Crippen LogP contribution is -2.19. The van der Waals surface area contributed by atoms with E-state index in [1.807, 2.05) is 25.1 Å². The maximum atomic E-state index is 10.7. The van der Waals surface area contributed by atoms with E-state index in [-0.39, 0.29) is 11.6 Å². The third kappa shape index (κ3) is 3.59. The van der Waals surface area contributed by atoms with Gasteiger partial charge in [-0.1, -0.05) is 6.07 Å². The Morgan fingerprint density at radius 1 is 1.32 bits per heavy atom. The minimum atomic E-state index is -0.964. The van der Waals surface area contributed by atoms with Crippen LogP contribution in [0.15, 0.2) is 42.7 Å². The number of nitrogens with one attached hydrogen (secondary N) is 1. The SMILES string of the molecule is C[C@@H](NCc1ccc(C(=O)O)cn1)c1ccccn1. The fraction of sp³-hybridized carbons (Fsp3) is 0.214. The first-order chi connectivity index (χ1) is 9.16. The molecule has 1 atom stereocenters. The van der Waals surface area contributed by atoms with E-state index >= 15 is 0 Å². The minimum Gasteiger partial charge on any atom is -0.478 e. The second-order valence-electron chi connectivity index (χ2n) is 4.20. The van der Waals surface area contributed by atoms with Crippen LogP contribution < -0.4 is 5.32 Å². The lowest BCUT2D eigenvalue weighted by molar-refractivity contribution is 0.0696. The summed E-state index contributed by atoms with van der Waals surface area (Å²) >= 11 is 0. The summed E-state index contributed by atoms with van der Waals surface area (Å²) in [4.78, 5) is 19.1. The summed E-state index contributed by atoms with van der Waals surface area (Å²) in [5.74, 6) is -0.964. The molecular weight excluding hydrogens is 242 g/mol. The van der Waals surface area contributed by atoms with Crippen molar-refractivity contribution in [3.63, 3.8) is 0 Å². The Bertz CT molecular complexity index is 540. The predicted octanol–water partition coefficient (Wildman–Crippen LogP) is 2.03. The summed E-state index contributed by atoms with van der Waals surface area (Å²) in [7, 11) is 0. The van der Waals surface area contributed by atoms with Crippen LogP contribution in [0.25, 0.3) is 0 Å². The van der Waals surface area contributed by atoms with Gasteiger partial charge in [0.15, 0.2) is 0 Å². The van der Waals surface area contributed by atoms with Gasteiger partial charge >= 0.3 is 5.97 Å². The van der Waals surface area contributed by atoms with Gasteiger partial charge in [-0.15, -0.1) is 0 Å². The van der Waals surface area contributed by atoms with Crippen LogP contribution in [0.3, 0.4) is 0 Å². The number of carbonyl (C=O) groups is 1. The largest absolute Gasteiger partial charge is 0.478 e. The van der Waals surface area contributed by atoms with Crippen LogP contribution >= 0.6 is 0 Å². The van der Waals surface area contributed by atoms with Gasteiger partial charge in [-0.25, -0.2) is 4.79 Å². The lowest BCUT2D eigenvalue weighted by Gasteiger charge is -2.12. The van der Waals surface area contributed by atoms with Gasteiger partial charge in [0.05, 0.1) is 17.0 Å². The number of rotatable bonds is 5.